The number of ether oxygens (including phenoxy) is 3. The number of hydrogen-bond donors (Lipinski definition) is 2. The Labute approximate surface area is 184 Å². The number of nitrogens with zero attached hydrogens (tertiary/aromatic N) is 1. The van der Waals surface area contributed by atoms with Crippen molar-refractivity contribution in [3.63, 3.8) is 0 Å². The van der Waals surface area contributed by atoms with Crippen LogP contribution in [0.5, 0.6) is 17.2 Å². The van der Waals surface area contributed by atoms with Crippen LogP contribution in [-0.2, 0) is 19.4 Å². The standard InChI is InChI=1S/C21H29N3O3.HI/c1-6-15-9-8-10-16(7-2)19(15)24-21(22)23-13-14-11-17(25-3)20(27-5)18(12-14)26-4;/h8-12H,6-7,13H2,1-5H3,(H3,22,23,24);1H. The number of methoxy groups -OCH3 is 3. The van der Waals surface area contributed by atoms with Gasteiger partial charge in [0.1, 0.15) is 0 Å². The van der Waals surface area contributed by atoms with Crippen LogP contribution in [0.15, 0.2) is 35.3 Å². The molecule has 0 aliphatic carbocycles. The van der Waals surface area contributed by atoms with Crippen LogP contribution in [0, 0.1) is 0 Å². The van der Waals surface area contributed by atoms with Crippen LogP contribution in [0.25, 0.3) is 0 Å². The van der Waals surface area contributed by atoms with Gasteiger partial charge in [-0.2, -0.15) is 0 Å². The molecule has 154 valence electrons. The summed E-state index contributed by atoms with van der Waals surface area (Å²) >= 11 is 0. The molecule has 0 radical (unpaired) electrons. The lowest BCUT2D eigenvalue weighted by molar-refractivity contribution is 0.324. The van der Waals surface area contributed by atoms with Gasteiger partial charge in [0, 0.05) is 5.69 Å². The van der Waals surface area contributed by atoms with Crippen LogP contribution in [0.1, 0.15) is 30.5 Å². The van der Waals surface area contributed by atoms with Crippen LogP contribution >= 0.6 is 24.0 Å². The van der Waals surface area contributed by atoms with Gasteiger partial charge < -0.3 is 25.3 Å². The number of aryl methyl sites for hydroxylation is 2. The SMILES string of the molecule is CCc1cccc(CC)c1NC(N)=NCc1cc(OC)c(OC)c(OC)c1.I. The summed E-state index contributed by atoms with van der Waals surface area (Å²) in [5, 5.41) is 3.27. The van der Waals surface area contributed by atoms with Gasteiger partial charge in [0.15, 0.2) is 17.5 Å². The summed E-state index contributed by atoms with van der Waals surface area (Å²) in [5.41, 5.74) is 10.6. The fourth-order valence-corrected chi connectivity index (χ4v) is 2.97. The number of hydrogen-bond acceptors (Lipinski definition) is 4. The number of halogens is 1. The molecule has 0 unspecified atom stereocenters. The summed E-state index contributed by atoms with van der Waals surface area (Å²) in [6.45, 7) is 4.65. The number of anilines is 1. The van der Waals surface area contributed by atoms with Crippen molar-refractivity contribution in [2.24, 2.45) is 10.7 Å². The zero-order valence-electron chi connectivity index (χ0n) is 17.2. The van der Waals surface area contributed by atoms with E-state index >= 15 is 0 Å². The molecule has 3 N–H and O–H groups in total. The van der Waals surface area contributed by atoms with E-state index in [0.717, 1.165) is 24.1 Å². The highest BCUT2D eigenvalue weighted by atomic mass is 127. The maximum Gasteiger partial charge on any atom is 0.203 e. The average molecular weight is 499 g/mol. The fourth-order valence-electron chi connectivity index (χ4n) is 2.97. The maximum atomic E-state index is 6.15. The quantitative estimate of drug-likeness (QED) is 0.320. The Kier molecular flexibility index (Phi) is 9.92. The Balaban J connectivity index is 0.00000392. The van der Waals surface area contributed by atoms with Crippen molar-refractivity contribution in [3.05, 3.63) is 47.0 Å². The normalized spacial score (nSPS) is 10.8. The maximum absolute atomic E-state index is 6.15. The second-order valence-corrected chi connectivity index (χ2v) is 6.02. The number of nitrogens with one attached hydrogen (secondary N) is 1. The smallest absolute Gasteiger partial charge is 0.203 e. The number of aliphatic imine (C=N–C) groups is 1. The van der Waals surface area contributed by atoms with Crippen LogP contribution in [0.2, 0.25) is 0 Å². The van der Waals surface area contributed by atoms with Gasteiger partial charge in [0.05, 0.1) is 27.9 Å². The second-order valence-electron chi connectivity index (χ2n) is 6.02. The van der Waals surface area contributed by atoms with E-state index in [9.17, 15) is 0 Å². The molecule has 0 saturated carbocycles. The molecular formula is C21H30IN3O3. The van der Waals surface area contributed by atoms with Crippen molar-refractivity contribution in [2.45, 2.75) is 33.2 Å². The van der Waals surface area contributed by atoms with E-state index in [-0.39, 0.29) is 24.0 Å². The summed E-state index contributed by atoms with van der Waals surface area (Å²) < 4.78 is 16.1. The molecule has 0 aromatic heterocycles. The van der Waals surface area contributed by atoms with Gasteiger partial charge in [0.25, 0.3) is 0 Å². The molecule has 2 aromatic rings. The van der Waals surface area contributed by atoms with Gasteiger partial charge in [-0.25, -0.2) is 4.99 Å². The molecule has 2 rings (SSSR count). The molecule has 0 amide bonds. The molecule has 0 atom stereocenters. The van der Waals surface area contributed by atoms with Gasteiger partial charge in [-0.05, 0) is 41.7 Å². The molecule has 2 aromatic carbocycles. The van der Waals surface area contributed by atoms with E-state index in [2.05, 4.69) is 42.4 Å². The summed E-state index contributed by atoms with van der Waals surface area (Å²) in [6.07, 6.45) is 1.85. The van der Waals surface area contributed by atoms with E-state index in [4.69, 9.17) is 19.9 Å². The van der Waals surface area contributed by atoms with Crippen molar-refractivity contribution in [1.82, 2.24) is 0 Å². The van der Waals surface area contributed by atoms with Crippen LogP contribution in [-0.4, -0.2) is 27.3 Å². The molecule has 0 aliphatic heterocycles. The third-order valence-electron chi connectivity index (χ3n) is 4.41. The van der Waals surface area contributed by atoms with E-state index in [1.54, 1.807) is 21.3 Å². The first kappa shape index (κ1) is 23.9. The highest BCUT2D eigenvalue weighted by molar-refractivity contribution is 14.0. The highest BCUT2D eigenvalue weighted by Crippen LogP contribution is 2.38. The first-order valence-electron chi connectivity index (χ1n) is 9.04. The van der Waals surface area contributed by atoms with Crippen LogP contribution in [0.3, 0.4) is 0 Å². The minimum atomic E-state index is 0. The topological polar surface area (TPSA) is 78.1 Å². The van der Waals surface area contributed by atoms with Gasteiger partial charge in [-0.3, -0.25) is 0 Å². The predicted molar refractivity (Wildman–Crippen MR) is 126 cm³/mol. The Morgan fingerprint density at radius 1 is 0.964 bits per heavy atom. The number of guanidine groups is 1. The Bertz CT molecular complexity index is 762. The first-order valence-corrected chi connectivity index (χ1v) is 9.04. The molecule has 0 fully saturated rings. The average Bonchev–Trinajstić information content (AvgIpc) is 2.71. The molecule has 0 bridgehead atoms. The van der Waals surface area contributed by atoms with E-state index in [0.29, 0.717) is 29.8 Å². The third-order valence-corrected chi connectivity index (χ3v) is 4.41. The number of benzene rings is 2. The van der Waals surface area contributed by atoms with Crippen molar-refractivity contribution in [1.29, 1.82) is 0 Å². The van der Waals surface area contributed by atoms with E-state index < -0.39 is 0 Å². The monoisotopic (exact) mass is 499 g/mol. The van der Waals surface area contributed by atoms with Gasteiger partial charge in [0.2, 0.25) is 5.75 Å². The van der Waals surface area contributed by atoms with Crippen molar-refractivity contribution < 1.29 is 14.2 Å². The van der Waals surface area contributed by atoms with Crippen molar-refractivity contribution >= 4 is 35.6 Å². The summed E-state index contributed by atoms with van der Waals surface area (Å²) in [5.74, 6) is 2.12. The minimum Gasteiger partial charge on any atom is -0.493 e. The Hall–Kier alpha value is -2.16. The summed E-state index contributed by atoms with van der Waals surface area (Å²) in [7, 11) is 4.76. The number of nitrogens with two attached hydrogens (primary N) is 1. The Morgan fingerprint density at radius 3 is 1.93 bits per heavy atom. The molecule has 0 heterocycles. The lowest BCUT2D eigenvalue weighted by atomic mass is 10.0. The zero-order valence-corrected chi connectivity index (χ0v) is 19.5. The molecule has 6 nitrogen and oxygen atoms in total. The summed E-state index contributed by atoms with van der Waals surface area (Å²) in [6, 6.07) is 10.0. The molecule has 0 spiro atoms. The lowest BCUT2D eigenvalue weighted by Crippen LogP contribution is -2.24. The molecule has 28 heavy (non-hydrogen) atoms. The summed E-state index contributed by atoms with van der Waals surface area (Å²) in [4.78, 5) is 4.48. The molecule has 7 heteroatoms. The van der Waals surface area contributed by atoms with Gasteiger partial charge >= 0.3 is 0 Å². The van der Waals surface area contributed by atoms with Crippen molar-refractivity contribution in [2.75, 3.05) is 26.6 Å². The number of rotatable bonds is 8. The van der Waals surface area contributed by atoms with E-state index in [1.807, 2.05) is 12.1 Å². The fraction of sp³-hybridized carbons (Fsp3) is 0.381. The zero-order chi connectivity index (χ0) is 19.8. The van der Waals surface area contributed by atoms with Crippen LogP contribution < -0.4 is 25.3 Å². The van der Waals surface area contributed by atoms with Gasteiger partial charge in [-0.15, -0.1) is 24.0 Å². The molecule has 0 aliphatic rings. The first-order chi connectivity index (χ1) is 13.1. The molecular weight excluding hydrogens is 469 g/mol. The van der Waals surface area contributed by atoms with Gasteiger partial charge in [-0.1, -0.05) is 32.0 Å². The van der Waals surface area contributed by atoms with E-state index in [1.165, 1.54) is 11.1 Å². The largest absolute Gasteiger partial charge is 0.493 e. The van der Waals surface area contributed by atoms with Crippen LogP contribution in [0.4, 0.5) is 5.69 Å². The number of para-hydroxylation sites is 1. The lowest BCUT2D eigenvalue weighted by Gasteiger charge is -2.15. The Morgan fingerprint density at radius 2 is 1.50 bits per heavy atom. The highest BCUT2D eigenvalue weighted by Gasteiger charge is 2.13. The predicted octanol–water partition coefficient (Wildman–Crippen LogP) is 4.38. The van der Waals surface area contributed by atoms with Crippen molar-refractivity contribution in [3.8, 4) is 17.2 Å². The molecule has 0 saturated heterocycles. The third kappa shape index (κ3) is 5.67. The second kappa shape index (κ2) is 11.6. The minimum absolute atomic E-state index is 0.